The smallest absolute Gasteiger partial charge is 0.0722 e. The van der Waals surface area contributed by atoms with Crippen molar-refractivity contribution in [3.8, 4) is 0 Å². The van der Waals surface area contributed by atoms with Gasteiger partial charge in [0, 0.05) is 36.8 Å². The maximum atomic E-state index is 4.62. The topological polar surface area (TPSA) is 29.9 Å². The van der Waals surface area contributed by atoms with Crippen molar-refractivity contribution in [3.63, 3.8) is 0 Å². The Kier molecular flexibility index (Phi) is 6.25. The Morgan fingerprint density at radius 2 is 1.85 bits per heavy atom. The highest BCUT2D eigenvalue weighted by Gasteiger charge is 2.21. The van der Waals surface area contributed by atoms with Crippen LogP contribution in [0.15, 0.2) is 6.20 Å². The standard InChI is InChI=1S/C17H33N3/c1-13(2)9-8-10-14(3)18-11-15-12-20(7)19-16(15)17(4,5)6/h12-14,18H,8-11H2,1-7H3. The second-order valence-corrected chi connectivity index (χ2v) is 7.53. The first-order valence-corrected chi connectivity index (χ1v) is 7.96. The Bertz CT molecular complexity index is 399. The molecule has 0 amide bonds. The summed E-state index contributed by atoms with van der Waals surface area (Å²) < 4.78 is 1.93. The SMILES string of the molecule is CC(C)CCCC(C)NCc1cn(C)nc1C(C)(C)C. The van der Waals surface area contributed by atoms with Gasteiger partial charge in [0.1, 0.15) is 0 Å². The summed E-state index contributed by atoms with van der Waals surface area (Å²) in [6, 6.07) is 0.571. The van der Waals surface area contributed by atoms with E-state index in [-0.39, 0.29) is 5.41 Å². The number of nitrogens with one attached hydrogen (secondary N) is 1. The summed E-state index contributed by atoms with van der Waals surface area (Å²) in [6.07, 6.45) is 6.04. The summed E-state index contributed by atoms with van der Waals surface area (Å²) in [5.41, 5.74) is 2.65. The molecule has 1 atom stereocenters. The van der Waals surface area contributed by atoms with Gasteiger partial charge in [-0.2, -0.15) is 5.10 Å². The average molecular weight is 279 g/mol. The minimum Gasteiger partial charge on any atom is -0.310 e. The fourth-order valence-electron chi connectivity index (χ4n) is 2.52. The third-order valence-corrected chi connectivity index (χ3v) is 3.67. The summed E-state index contributed by atoms with van der Waals surface area (Å²) in [4.78, 5) is 0. The van der Waals surface area contributed by atoms with Crippen molar-refractivity contribution in [2.24, 2.45) is 13.0 Å². The van der Waals surface area contributed by atoms with Gasteiger partial charge in [-0.1, -0.05) is 47.5 Å². The van der Waals surface area contributed by atoms with Crippen molar-refractivity contribution < 1.29 is 0 Å². The first-order valence-electron chi connectivity index (χ1n) is 7.96. The van der Waals surface area contributed by atoms with E-state index >= 15 is 0 Å². The van der Waals surface area contributed by atoms with Crippen molar-refractivity contribution >= 4 is 0 Å². The first-order chi connectivity index (χ1) is 9.20. The Morgan fingerprint density at radius 3 is 2.40 bits per heavy atom. The van der Waals surface area contributed by atoms with Crippen LogP contribution in [0.2, 0.25) is 0 Å². The molecule has 0 fully saturated rings. The average Bonchev–Trinajstić information content (AvgIpc) is 2.67. The molecule has 1 aromatic rings. The molecular formula is C17H33N3. The number of hydrogen-bond donors (Lipinski definition) is 1. The van der Waals surface area contributed by atoms with E-state index in [1.807, 2.05) is 11.7 Å². The van der Waals surface area contributed by atoms with Crippen molar-refractivity contribution in [3.05, 3.63) is 17.5 Å². The second kappa shape index (κ2) is 7.26. The maximum absolute atomic E-state index is 4.62. The number of rotatable bonds is 7. The predicted molar refractivity (Wildman–Crippen MR) is 86.9 cm³/mol. The lowest BCUT2D eigenvalue weighted by Gasteiger charge is -2.19. The van der Waals surface area contributed by atoms with Gasteiger partial charge in [-0.25, -0.2) is 0 Å². The van der Waals surface area contributed by atoms with Crippen LogP contribution in [-0.4, -0.2) is 15.8 Å². The van der Waals surface area contributed by atoms with E-state index in [0.717, 1.165) is 12.5 Å². The van der Waals surface area contributed by atoms with Crippen molar-refractivity contribution in [1.29, 1.82) is 0 Å². The van der Waals surface area contributed by atoms with E-state index in [4.69, 9.17) is 0 Å². The molecule has 0 spiro atoms. The van der Waals surface area contributed by atoms with Crippen molar-refractivity contribution in [1.82, 2.24) is 15.1 Å². The van der Waals surface area contributed by atoms with Gasteiger partial charge < -0.3 is 5.32 Å². The van der Waals surface area contributed by atoms with Crippen molar-refractivity contribution in [2.75, 3.05) is 0 Å². The number of hydrogen-bond acceptors (Lipinski definition) is 2. The molecule has 1 rings (SSSR count). The minimum absolute atomic E-state index is 0.110. The Morgan fingerprint density at radius 1 is 1.20 bits per heavy atom. The van der Waals surface area contributed by atoms with Crippen LogP contribution in [0.25, 0.3) is 0 Å². The van der Waals surface area contributed by atoms with Gasteiger partial charge in [-0.3, -0.25) is 4.68 Å². The molecule has 0 aromatic carbocycles. The molecule has 0 aliphatic rings. The molecule has 0 saturated heterocycles. The van der Waals surface area contributed by atoms with Crippen LogP contribution in [0.5, 0.6) is 0 Å². The molecule has 0 aliphatic heterocycles. The van der Waals surface area contributed by atoms with Crippen LogP contribution in [0.1, 0.15) is 72.1 Å². The summed E-state index contributed by atoms with van der Waals surface area (Å²) in [5, 5.41) is 8.27. The fraction of sp³-hybridized carbons (Fsp3) is 0.824. The molecule has 1 aromatic heterocycles. The van der Waals surface area contributed by atoms with Gasteiger partial charge in [0.25, 0.3) is 0 Å². The van der Waals surface area contributed by atoms with E-state index in [0.29, 0.717) is 6.04 Å². The Labute approximate surface area is 125 Å². The zero-order valence-electron chi connectivity index (χ0n) is 14.5. The number of nitrogens with zero attached hydrogens (tertiary/aromatic N) is 2. The molecule has 1 heterocycles. The Hall–Kier alpha value is -0.830. The van der Waals surface area contributed by atoms with E-state index in [1.165, 1.54) is 30.5 Å². The summed E-state index contributed by atoms with van der Waals surface area (Å²) >= 11 is 0. The van der Waals surface area contributed by atoms with E-state index < -0.39 is 0 Å². The summed E-state index contributed by atoms with van der Waals surface area (Å²) in [7, 11) is 2.00. The van der Waals surface area contributed by atoms with Crippen LogP contribution >= 0.6 is 0 Å². The third-order valence-electron chi connectivity index (χ3n) is 3.67. The van der Waals surface area contributed by atoms with Gasteiger partial charge in [-0.15, -0.1) is 0 Å². The van der Waals surface area contributed by atoms with E-state index in [2.05, 4.69) is 58.2 Å². The molecule has 3 nitrogen and oxygen atoms in total. The van der Waals surface area contributed by atoms with Crippen LogP contribution in [0.4, 0.5) is 0 Å². The zero-order valence-corrected chi connectivity index (χ0v) is 14.5. The van der Waals surface area contributed by atoms with Crippen LogP contribution < -0.4 is 5.32 Å². The molecule has 116 valence electrons. The second-order valence-electron chi connectivity index (χ2n) is 7.53. The highest BCUT2D eigenvalue weighted by molar-refractivity contribution is 5.23. The largest absolute Gasteiger partial charge is 0.310 e. The first kappa shape index (κ1) is 17.2. The molecule has 20 heavy (non-hydrogen) atoms. The maximum Gasteiger partial charge on any atom is 0.0722 e. The molecule has 0 aliphatic carbocycles. The molecule has 1 N–H and O–H groups in total. The van der Waals surface area contributed by atoms with Gasteiger partial charge >= 0.3 is 0 Å². The number of aromatic nitrogens is 2. The van der Waals surface area contributed by atoms with Crippen molar-refractivity contribution in [2.45, 2.75) is 78.8 Å². The van der Waals surface area contributed by atoms with Gasteiger partial charge in [0.05, 0.1) is 5.69 Å². The number of aryl methyl sites for hydroxylation is 1. The molecule has 1 unspecified atom stereocenters. The molecule has 0 radical (unpaired) electrons. The molecule has 0 bridgehead atoms. The zero-order chi connectivity index (χ0) is 15.3. The van der Waals surface area contributed by atoms with Gasteiger partial charge in [0.15, 0.2) is 0 Å². The minimum atomic E-state index is 0.110. The molecule has 0 saturated carbocycles. The highest BCUT2D eigenvalue weighted by Crippen LogP contribution is 2.24. The normalized spacial score (nSPS) is 14.0. The van der Waals surface area contributed by atoms with E-state index in [1.54, 1.807) is 0 Å². The van der Waals surface area contributed by atoms with Crippen LogP contribution in [0.3, 0.4) is 0 Å². The lowest BCUT2D eigenvalue weighted by Crippen LogP contribution is -2.27. The monoisotopic (exact) mass is 279 g/mol. The van der Waals surface area contributed by atoms with Gasteiger partial charge in [-0.05, 0) is 19.3 Å². The fourth-order valence-corrected chi connectivity index (χ4v) is 2.52. The highest BCUT2D eigenvalue weighted by atomic mass is 15.3. The van der Waals surface area contributed by atoms with Gasteiger partial charge in [0.2, 0.25) is 0 Å². The third kappa shape index (κ3) is 5.66. The van der Waals surface area contributed by atoms with E-state index in [9.17, 15) is 0 Å². The summed E-state index contributed by atoms with van der Waals surface area (Å²) in [6.45, 7) is 14.5. The lowest BCUT2D eigenvalue weighted by atomic mass is 9.89. The predicted octanol–water partition coefficient (Wildman–Crippen LogP) is 4.02. The van der Waals surface area contributed by atoms with Crippen LogP contribution in [0, 0.1) is 5.92 Å². The Balaban J connectivity index is 2.49. The quantitative estimate of drug-likeness (QED) is 0.817. The molecular weight excluding hydrogens is 246 g/mol. The summed E-state index contributed by atoms with van der Waals surface area (Å²) in [5.74, 6) is 0.813. The lowest BCUT2D eigenvalue weighted by molar-refractivity contribution is 0.454. The van der Waals surface area contributed by atoms with Crippen LogP contribution in [-0.2, 0) is 19.0 Å². The molecule has 3 heteroatoms.